The van der Waals surface area contributed by atoms with E-state index in [1.165, 1.54) is 16.9 Å². The molecule has 0 saturated heterocycles. The Morgan fingerprint density at radius 2 is 2.31 bits per heavy atom. The van der Waals surface area contributed by atoms with Gasteiger partial charge in [0.1, 0.15) is 5.01 Å². The van der Waals surface area contributed by atoms with E-state index in [0.717, 1.165) is 11.3 Å². The van der Waals surface area contributed by atoms with Crippen LogP contribution < -0.4 is 0 Å². The molecule has 0 saturated carbocycles. The predicted molar refractivity (Wildman–Crippen MR) is 63.6 cm³/mol. The van der Waals surface area contributed by atoms with E-state index in [4.69, 9.17) is 5.11 Å². The number of rotatable bonds is 3. The summed E-state index contributed by atoms with van der Waals surface area (Å²) in [6.45, 7) is 2.02. The Bertz CT molecular complexity index is 519. The topological polar surface area (TPSA) is 50.2 Å². The van der Waals surface area contributed by atoms with Gasteiger partial charge >= 0.3 is 5.97 Å². The fraction of sp³-hybridized carbons (Fsp3) is 0.167. The number of carboxylic acids is 1. The molecule has 0 aliphatic heterocycles. The van der Waals surface area contributed by atoms with Gasteiger partial charge in [0.05, 0.1) is 12.1 Å². The number of thiazole rings is 1. The lowest BCUT2D eigenvalue weighted by molar-refractivity contribution is -0.136. The third kappa shape index (κ3) is 2.46. The summed E-state index contributed by atoms with van der Waals surface area (Å²) in [4.78, 5) is 14.8. The van der Waals surface area contributed by atoms with Crippen molar-refractivity contribution < 1.29 is 9.90 Å². The Kier molecular flexibility index (Phi) is 3.01. The molecule has 16 heavy (non-hydrogen) atoms. The number of hydrogen-bond acceptors (Lipinski definition) is 3. The molecule has 4 heteroatoms. The molecule has 0 atom stereocenters. The summed E-state index contributed by atoms with van der Waals surface area (Å²) in [6, 6.07) is 8.01. The maximum absolute atomic E-state index is 10.5. The summed E-state index contributed by atoms with van der Waals surface area (Å²) in [6.07, 6.45) is -0.00349. The van der Waals surface area contributed by atoms with Crippen molar-refractivity contribution in [2.45, 2.75) is 13.3 Å². The van der Waals surface area contributed by atoms with Crippen LogP contribution in [-0.4, -0.2) is 16.1 Å². The zero-order valence-corrected chi connectivity index (χ0v) is 9.62. The van der Waals surface area contributed by atoms with Gasteiger partial charge in [-0.3, -0.25) is 4.79 Å². The SMILES string of the molecule is Cc1cccc(-c2csc(CC(=O)O)n2)c1. The molecule has 0 aliphatic rings. The van der Waals surface area contributed by atoms with Gasteiger partial charge in [-0.05, 0) is 13.0 Å². The highest BCUT2D eigenvalue weighted by Gasteiger charge is 2.07. The fourth-order valence-corrected chi connectivity index (χ4v) is 2.25. The maximum atomic E-state index is 10.5. The van der Waals surface area contributed by atoms with Crippen molar-refractivity contribution in [2.24, 2.45) is 0 Å². The molecular weight excluding hydrogens is 222 g/mol. The van der Waals surface area contributed by atoms with Gasteiger partial charge in [-0.1, -0.05) is 23.8 Å². The van der Waals surface area contributed by atoms with Crippen molar-refractivity contribution in [3.63, 3.8) is 0 Å². The average molecular weight is 233 g/mol. The second-order valence-corrected chi connectivity index (χ2v) is 4.51. The number of benzene rings is 1. The quantitative estimate of drug-likeness (QED) is 0.886. The number of aromatic nitrogens is 1. The molecule has 2 aromatic rings. The van der Waals surface area contributed by atoms with Crippen LogP contribution in [0.15, 0.2) is 29.6 Å². The molecule has 0 bridgehead atoms. The number of carboxylic acid groups (broad SMARTS) is 1. The Morgan fingerprint density at radius 3 is 3.00 bits per heavy atom. The second kappa shape index (κ2) is 4.45. The lowest BCUT2D eigenvalue weighted by Gasteiger charge is -1.97. The minimum atomic E-state index is -0.842. The Labute approximate surface area is 97.4 Å². The summed E-state index contributed by atoms with van der Waals surface area (Å²) in [5, 5.41) is 11.2. The smallest absolute Gasteiger partial charge is 0.310 e. The molecule has 0 amide bonds. The summed E-state index contributed by atoms with van der Waals surface area (Å²) < 4.78 is 0. The van der Waals surface area contributed by atoms with Crippen LogP contribution in [0.4, 0.5) is 0 Å². The summed E-state index contributed by atoms with van der Waals surface area (Å²) in [7, 11) is 0. The van der Waals surface area contributed by atoms with E-state index in [1.54, 1.807) is 0 Å². The molecule has 0 radical (unpaired) electrons. The third-order valence-corrected chi connectivity index (χ3v) is 3.02. The number of carbonyl (C=O) groups is 1. The normalized spacial score (nSPS) is 10.3. The van der Waals surface area contributed by atoms with E-state index in [0.29, 0.717) is 5.01 Å². The maximum Gasteiger partial charge on any atom is 0.310 e. The number of aryl methyl sites for hydroxylation is 1. The molecule has 1 heterocycles. The lowest BCUT2D eigenvalue weighted by atomic mass is 10.1. The first-order valence-electron chi connectivity index (χ1n) is 4.88. The first-order chi connectivity index (χ1) is 7.65. The highest BCUT2D eigenvalue weighted by atomic mass is 32.1. The monoisotopic (exact) mass is 233 g/mol. The standard InChI is InChI=1S/C12H11NO2S/c1-8-3-2-4-9(5-8)10-7-16-11(13-10)6-12(14)15/h2-5,7H,6H2,1H3,(H,14,15). The molecule has 0 spiro atoms. The molecule has 1 aromatic carbocycles. The van der Waals surface area contributed by atoms with Crippen LogP contribution in [0.25, 0.3) is 11.3 Å². The van der Waals surface area contributed by atoms with Crippen LogP contribution in [0.2, 0.25) is 0 Å². The zero-order valence-electron chi connectivity index (χ0n) is 8.80. The van der Waals surface area contributed by atoms with Crippen LogP contribution in [-0.2, 0) is 11.2 Å². The average Bonchev–Trinajstić information content (AvgIpc) is 2.65. The molecule has 1 N–H and O–H groups in total. The fourth-order valence-electron chi connectivity index (χ4n) is 1.46. The van der Waals surface area contributed by atoms with Crippen molar-refractivity contribution in [1.29, 1.82) is 0 Å². The Hall–Kier alpha value is -1.68. The van der Waals surface area contributed by atoms with Gasteiger partial charge in [-0.15, -0.1) is 11.3 Å². The molecule has 82 valence electrons. The van der Waals surface area contributed by atoms with E-state index < -0.39 is 5.97 Å². The third-order valence-electron chi connectivity index (χ3n) is 2.17. The van der Waals surface area contributed by atoms with Crippen molar-refractivity contribution in [2.75, 3.05) is 0 Å². The van der Waals surface area contributed by atoms with Crippen LogP contribution in [0.3, 0.4) is 0 Å². The number of aliphatic carboxylic acids is 1. The Morgan fingerprint density at radius 1 is 1.50 bits per heavy atom. The van der Waals surface area contributed by atoms with E-state index >= 15 is 0 Å². The highest BCUT2D eigenvalue weighted by Crippen LogP contribution is 2.22. The van der Waals surface area contributed by atoms with Crippen molar-refractivity contribution in [3.8, 4) is 11.3 Å². The van der Waals surface area contributed by atoms with E-state index in [9.17, 15) is 4.79 Å². The number of hydrogen-bond donors (Lipinski definition) is 1. The molecule has 3 nitrogen and oxygen atoms in total. The van der Waals surface area contributed by atoms with Crippen molar-refractivity contribution in [3.05, 3.63) is 40.2 Å². The van der Waals surface area contributed by atoms with Gasteiger partial charge in [0.25, 0.3) is 0 Å². The molecule has 0 fully saturated rings. The van der Waals surface area contributed by atoms with Gasteiger partial charge in [0, 0.05) is 10.9 Å². The van der Waals surface area contributed by atoms with Crippen molar-refractivity contribution >= 4 is 17.3 Å². The van der Waals surface area contributed by atoms with Crippen LogP contribution in [0, 0.1) is 6.92 Å². The van der Waals surface area contributed by atoms with Gasteiger partial charge < -0.3 is 5.11 Å². The van der Waals surface area contributed by atoms with Gasteiger partial charge in [0.2, 0.25) is 0 Å². The van der Waals surface area contributed by atoms with Crippen molar-refractivity contribution in [1.82, 2.24) is 4.98 Å². The van der Waals surface area contributed by atoms with E-state index in [1.807, 2.05) is 36.6 Å². The van der Waals surface area contributed by atoms with E-state index in [-0.39, 0.29) is 6.42 Å². The van der Waals surface area contributed by atoms with E-state index in [2.05, 4.69) is 4.98 Å². The van der Waals surface area contributed by atoms with Gasteiger partial charge in [0.15, 0.2) is 0 Å². The van der Waals surface area contributed by atoms with Gasteiger partial charge in [-0.25, -0.2) is 4.98 Å². The summed E-state index contributed by atoms with van der Waals surface area (Å²) in [5.74, 6) is -0.842. The molecule has 1 aromatic heterocycles. The first-order valence-corrected chi connectivity index (χ1v) is 5.76. The van der Waals surface area contributed by atoms with Crippen LogP contribution >= 0.6 is 11.3 Å². The zero-order chi connectivity index (χ0) is 11.5. The molecule has 0 unspecified atom stereocenters. The Balaban J connectivity index is 2.28. The highest BCUT2D eigenvalue weighted by molar-refractivity contribution is 7.10. The second-order valence-electron chi connectivity index (χ2n) is 3.57. The van der Waals surface area contributed by atoms with Crippen LogP contribution in [0.1, 0.15) is 10.6 Å². The van der Waals surface area contributed by atoms with Crippen LogP contribution in [0.5, 0.6) is 0 Å². The van der Waals surface area contributed by atoms with Gasteiger partial charge in [-0.2, -0.15) is 0 Å². The number of nitrogens with zero attached hydrogens (tertiary/aromatic N) is 1. The molecule has 2 rings (SSSR count). The minimum absolute atomic E-state index is 0.00349. The lowest BCUT2D eigenvalue weighted by Crippen LogP contribution is -1.99. The molecular formula is C12H11NO2S. The summed E-state index contributed by atoms with van der Waals surface area (Å²) >= 11 is 1.39. The summed E-state index contributed by atoms with van der Waals surface area (Å²) in [5.41, 5.74) is 3.06. The largest absolute Gasteiger partial charge is 0.481 e. The molecule has 0 aliphatic carbocycles. The minimum Gasteiger partial charge on any atom is -0.481 e. The predicted octanol–water partition coefficient (Wildman–Crippen LogP) is 2.75. The first kappa shape index (κ1) is 10.8.